The molecule has 4 nitrogen and oxygen atoms in total. The number of rotatable bonds is 10. The van der Waals surface area contributed by atoms with Crippen LogP contribution in [-0.4, -0.2) is 36.8 Å². The van der Waals surface area contributed by atoms with Crippen molar-refractivity contribution in [3.63, 3.8) is 0 Å². The standard InChI is InChI=1S/C26H31NO3/c1-20(16-22-14-15-25(29-2)26(17-22)30-3)27(18-21-10-6-4-7-11-21)19-24(28)23-12-8-5-9-13-23/h4-15,17,20,24,28H,16,18-19H2,1-3H3. The van der Waals surface area contributed by atoms with E-state index in [0.717, 1.165) is 30.0 Å². The second kappa shape index (κ2) is 10.8. The Hall–Kier alpha value is -2.82. The molecule has 0 aliphatic rings. The lowest BCUT2D eigenvalue weighted by molar-refractivity contribution is 0.0859. The van der Waals surface area contributed by atoms with E-state index in [1.54, 1.807) is 14.2 Å². The Kier molecular flexibility index (Phi) is 7.89. The molecule has 158 valence electrons. The van der Waals surface area contributed by atoms with Crippen LogP contribution in [0.1, 0.15) is 29.7 Å². The van der Waals surface area contributed by atoms with Gasteiger partial charge in [-0.2, -0.15) is 0 Å². The average Bonchev–Trinajstić information content (AvgIpc) is 2.79. The van der Waals surface area contributed by atoms with Gasteiger partial charge < -0.3 is 14.6 Å². The van der Waals surface area contributed by atoms with Gasteiger partial charge in [0.2, 0.25) is 0 Å². The lowest BCUT2D eigenvalue weighted by Gasteiger charge is -2.31. The van der Waals surface area contributed by atoms with Crippen molar-refractivity contribution in [3.05, 3.63) is 95.6 Å². The predicted octanol–water partition coefficient (Wildman–Crippen LogP) is 4.87. The molecule has 2 unspecified atom stereocenters. The van der Waals surface area contributed by atoms with Crippen molar-refractivity contribution < 1.29 is 14.6 Å². The van der Waals surface area contributed by atoms with Crippen LogP contribution in [0.3, 0.4) is 0 Å². The first-order valence-electron chi connectivity index (χ1n) is 10.3. The summed E-state index contributed by atoms with van der Waals surface area (Å²) in [5.74, 6) is 1.47. The van der Waals surface area contributed by atoms with Crippen molar-refractivity contribution in [1.29, 1.82) is 0 Å². The molecule has 0 fully saturated rings. The van der Waals surface area contributed by atoms with E-state index in [-0.39, 0.29) is 6.04 Å². The van der Waals surface area contributed by atoms with Gasteiger partial charge in [0.25, 0.3) is 0 Å². The fraction of sp³-hybridized carbons (Fsp3) is 0.308. The third-order valence-electron chi connectivity index (χ3n) is 5.42. The largest absolute Gasteiger partial charge is 0.493 e. The Bertz CT molecular complexity index is 899. The Labute approximate surface area is 179 Å². The number of nitrogens with zero attached hydrogens (tertiary/aromatic N) is 1. The van der Waals surface area contributed by atoms with E-state index in [1.165, 1.54) is 11.1 Å². The van der Waals surface area contributed by atoms with Crippen molar-refractivity contribution in [2.24, 2.45) is 0 Å². The number of hydrogen-bond acceptors (Lipinski definition) is 4. The van der Waals surface area contributed by atoms with E-state index >= 15 is 0 Å². The summed E-state index contributed by atoms with van der Waals surface area (Å²) in [6, 6.07) is 26.5. The molecule has 30 heavy (non-hydrogen) atoms. The zero-order chi connectivity index (χ0) is 21.3. The highest BCUT2D eigenvalue weighted by atomic mass is 16.5. The topological polar surface area (TPSA) is 41.9 Å². The first kappa shape index (κ1) is 21.9. The SMILES string of the molecule is COc1ccc(CC(C)N(Cc2ccccc2)CC(O)c2ccccc2)cc1OC. The van der Waals surface area contributed by atoms with Gasteiger partial charge in [0.15, 0.2) is 11.5 Å². The van der Waals surface area contributed by atoms with Crippen LogP contribution < -0.4 is 9.47 Å². The quantitative estimate of drug-likeness (QED) is 0.522. The Morgan fingerprint density at radius 3 is 2.07 bits per heavy atom. The van der Waals surface area contributed by atoms with Gasteiger partial charge in [0.1, 0.15) is 0 Å². The summed E-state index contributed by atoms with van der Waals surface area (Å²) in [6.45, 7) is 3.55. The van der Waals surface area contributed by atoms with E-state index in [2.05, 4.69) is 42.2 Å². The summed E-state index contributed by atoms with van der Waals surface area (Å²) in [6.07, 6.45) is 0.303. The van der Waals surface area contributed by atoms with Crippen LogP contribution in [0, 0.1) is 0 Å². The summed E-state index contributed by atoms with van der Waals surface area (Å²) >= 11 is 0. The molecule has 0 bridgehead atoms. The summed E-state index contributed by atoms with van der Waals surface area (Å²) in [7, 11) is 3.30. The Morgan fingerprint density at radius 1 is 0.800 bits per heavy atom. The molecule has 0 amide bonds. The van der Waals surface area contributed by atoms with Crippen molar-refractivity contribution in [2.45, 2.75) is 32.0 Å². The summed E-state index contributed by atoms with van der Waals surface area (Å²) < 4.78 is 10.8. The van der Waals surface area contributed by atoms with Gasteiger partial charge in [0, 0.05) is 19.1 Å². The highest BCUT2D eigenvalue weighted by Crippen LogP contribution is 2.29. The second-order valence-corrected chi connectivity index (χ2v) is 7.58. The smallest absolute Gasteiger partial charge is 0.160 e. The van der Waals surface area contributed by atoms with Crippen LogP contribution in [0.25, 0.3) is 0 Å². The molecule has 0 saturated carbocycles. The molecule has 1 N–H and O–H groups in total. The van der Waals surface area contributed by atoms with Gasteiger partial charge >= 0.3 is 0 Å². The minimum absolute atomic E-state index is 0.224. The fourth-order valence-corrected chi connectivity index (χ4v) is 3.70. The molecule has 3 rings (SSSR count). The molecular weight excluding hydrogens is 374 g/mol. The van der Waals surface area contributed by atoms with E-state index < -0.39 is 6.10 Å². The van der Waals surface area contributed by atoms with Crippen LogP contribution in [0.15, 0.2) is 78.9 Å². The highest BCUT2D eigenvalue weighted by Gasteiger charge is 2.20. The maximum atomic E-state index is 10.9. The van der Waals surface area contributed by atoms with Gasteiger partial charge in [-0.25, -0.2) is 0 Å². The van der Waals surface area contributed by atoms with Crippen molar-refractivity contribution in [3.8, 4) is 11.5 Å². The van der Waals surface area contributed by atoms with Gasteiger partial charge in [-0.3, -0.25) is 4.90 Å². The molecule has 3 aromatic carbocycles. The van der Waals surface area contributed by atoms with Crippen molar-refractivity contribution >= 4 is 0 Å². The summed E-state index contributed by atoms with van der Waals surface area (Å²) in [5.41, 5.74) is 3.35. The van der Waals surface area contributed by atoms with E-state index in [4.69, 9.17) is 9.47 Å². The van der Waals surface area contributed by atoms with Gasteiger partial charge in [-0.05, 0) is 42.2 Å². The summed E-state index contributed by atoms with van der Waals surface area (Å²) in [4.78, 5) is 2.34. The summed E-state index contributed by atoms with van der Waals surface area (Å²) in [5, 5.41) is 10.9. The lowest BCUT2D eigenvalue weighted by atomic mass is 10.0. The van der Waals surface area contributed by atoms with Crippen molar-refractivity contribution in [2.75, 3.05) is 20.8 Å². The normalized spacial score (nSPS) is 13.1. The number of benzene rings is 3. The van der Waals surface area contributed by atoms with E-state index in [9.17, 15) is 5.11 Å². The van der Waals surface area contributed by atoms with Crippen LogP contribution >= 0.6 is 0 Å². The molecular formula is C26H31NO3. The fourth-order valence-electron chi connectivity index (χ4n) is 3.70. The minimum Gasteiger partial charge on any atom is -0.493 e. The third-order valence-corrected chi connectivity index (χ3v) is 5.42. The number of methoxy groups -OCH3 is 2. The molecule has 3 aromatic rings. The minimum atomic E-state index is -0.539. The van der Waals surface area contributed by atoms with Crippen LogP contribution in [0.2, 0.25) is 0 Å². The number of aliphatic hydroxyl groups excluding tert-OH is 1. The van der Waals surface area contributed by atoms with Gasteiger partial charge in [-0.1, -0.05) is 66.7 Å². The molecule has 0 aliphatic heterocycles. The third kappa shape index (κ3) is 5.85. The zero-order valence-electron chi connectivity index (χ0n) is 18.0. The Balaban J connectivity index is 1.78. The van der Waals surface area contributed by atoms with E-state index in [0.29, 0.717) is 6.54 Å². The molecule has 0 aromatic heterocycles. The molecule has 0 heterocycles. The van der Waals surface area contributed by atoms with Crippen LogP contribution in [0.4, 0.5) is 0 Å². The maximum Gasteiger partial charge on any atom is 0.160 e. The number of aliphatic hydroxyl groups is 1. The van der Waals surface area contributed by atoms with E-state index in [1.807, 2.05) is 48.5 Å². The molecule has 0 radical (unpaired) electrons. The lowest BCUT2D eigenvalue weighted by Crippen LogP contribution is -2.37. The highest BCUT2D eigenvalue weighted by molar-refractivity contribution is 5.43. The Morgan fingerprint density at radius 2 is 1.43 bits per heavy atom. The zero-order valence-corrected chi connectivity index (χ0v) is 18.0. The average molecular weight is 406 g/mol. The molecule has 4 heteroatoms. The van der Waals surface area contributed by atoms with Crippen LogP contribution in [-0.2, 0) is 13.0 Å². The maximum absolute atomic E-state index is 10.9. The van der Waals surface area contributed by atoms with Gasteiger partial charge in [0.05, 0.1) is 20.3 Å². The first-order valence-corrected chi connectivity index (χ1v) is 10.3. The number of hydrogen-bond donors (Lipinski definition) is 1. The molecule has 0 spiro atoms. The van der Waals surface area contributed by atoms with Crippen molar-refractivity contribution in [1.82, 2.24) is 4.90 Å². The second-order valence-electron chi connectivity index (χ2n) is 7.58. The molecule has 2 atom stereocenters. The predicted molar refractivity (Wildman–Crippen MR) is 121 cm³/mol. The molecule has 0 aliphatic carbocycles. The monoisotopic (exact) mass is 405 g/mol. The number of ether oxygens (including phenoxy) is 2. The van der Waals surface area contributed by atoms with Gasteiger partial charge in [-0.15, -0.1) is 0 Å². The first-order chi connectivity index (χ1) is 14.6. The molecule has 0 saturated heterocycles. The van der Waals surface area contributed by atoms with Crippen LogP contribution in [0.5, 0.6) is 11.5 Å².